The number of benzene rings is 2. The van der Waals surface area contributed by atoms with Crippen LogP contribution in [0.3, 0.4) is 0 Å². The quantitative estimate of drug-likeness (QED) is 0.570. The molecule has 0 fully saturated rings. The van der Waals surface area contributed by atoms with Gasteiger partial charge in [0.2, 0.25) is 0 Å². The van der Waals surface area contributed by atoms with Gasteiger partial charge in [-0.05, 0) is 30.3 Å². The van der Waals surface area contributed by atoms with Gasteiger partial charge >= 0.3 is 11.6 Å². The van der Waals surface area contributed by atoms with Crippen molar-refractivity contribution in [3.05, 3.63) is 64.0 Å². The standard InChI is InChI=1S/C19H14O7/c20-13-2-3-14-12(8-18(21)26-16(14)9-13)10-25-19(22)11-1-4-15-17(7-11)24-6-5-23-15/h1-4,7-9,20H,5-6,10H2. The molecule has 0 unspecified atom stereocenters. The van der Waals surface area contributed by atoms with Crippen LogP contribution in [-0.2, 0) is 11.3 Å². The minimum absolute atomic E-state index is 0.0222. The van der Waals surface area contributed by atoms with Gasteiger partial charge < -0.3 is 23.7 Å². The van der Waals surface area contributed by atoms with Gasteiger partial charge in [-0.25, -0.2) is 9.59 Å². The predicted molar refractivity (Wildman–Crippen MR) is 90.7 cm³/mol. The van der Waals surface area contributed by atoms with Gasteiger partial charge in [0, 0.05) is 23.1 Å². The van der Waals surface area contributed by atoms with Crippen molar-refractivity contribution < 1.29 is 28.5 Å². The Balaban J connectivity index is 1.56. The summed E-state index contributed by atoms with van der Waals surface area (Å²) >= 11 is 0. The van der Waals surface area contributed by atoms with Crippen LogP contribution in [-0.4, -0.2) is 24.3 Å². The van der Waals surface area contributed by atoms with E-state index >= 15 is 0 Å². The molecule has 1 aliphatic rings. The van der Waals surface area contributed by atoms with Crippen LogP contribution in [0, 0.1) is 0 Å². The number of hydrogen-bond donors (Lipinski definition) is 1. The summed E-state index contributed by atoms with van der Waals surface area (Å²) in [4.78, 5) is 24.0. The Morgan fingerprint density at radius 3 is 2.69 bits per heavy atom. The molecule has 2 aromatic carbocycles. The maximum absolute atomic E-state index is 12.3. The Bertz CT molecular complexity index is 1050. The summed E-state index contributed by atoms with van der Waals surface area (Å²) in [6, 6.07) is 10.5. The van der Waals surface area contributed by atoms with Crippen molar-refractivity contribution in [2.24, 2.45) is 0 Å². The number of phenolic OH excluding ortho intramolecular Hbond substituents is 1. The molecule has 1 aliphatic heterocycles. The van der Waals surface area contributed by atoms with E-state index < -0.39 is 11.6 Å². The molecular formula is C19H14O7. The summed E-state index contributed by atoms with van der Waals surface area (Å²) in [6.07, 6.45) is 0. The molecule has 4 rings (SSSR count). The van der Waals surface area contributed by atoms with E-state index in [1.54, 1.807) is 24.3 Å². The molecule has 0 amide bonds. The van der Waals surface area contributed by atoms with Crippen LogP contribution >= 0.6 is 0 Å². The van der Waals surface area contributed by atoms with Crippen LogP contribution in [0.2, 0.25) is 0 Å². The smallest absolute Gasteiger partial charge is 0.338 e. The number of fused-ring (bicyclic) bond motifs is 2. The van der Waals surface area contributed by atoms with E-state index in [1.807, 2.05) is 0 Å². The predicted octanol–water partition coefficient (Wildman–Crippen LogP) is 2.63. The van der Waals surface area contributed by atoms with Gasteiger partial charge in [0.15, 0.2) is 11.5 Å². The minimum atomic E-state index is -0.589. The number of hydrogen-bond acceptors (Lipinski definition) is 7. The lowest BCUT2D eigenvalue weighted by Crippen LogP contribution is -2.16. The van der Waals surface area contributed by atoms with Gasteiger partial charge in [-0.2, -0.15) is 0 Å². The molecule has 132 valence electrons. The summed E-state index contributed by atoms with van der Waals surface area (Å²) in [6.45, 7) is 0.778. The molecule has 0 aliphatic carbocycles. The summed E-state index contributed by atoms with van der Waals surface area (Å²) in [5.74, 6) is 0.500. The number of rotatable bonds is 3. The summed E-state index contributed by atoms with van der Waals surface area (Å²) in [7, 11) is 0. The van der Waals surface area contributed by atoms with Crippen molar-refractivity contribution >= 4 is 16.9 Å². The molecule has 2 heterocycles. The third kappa shape index (κ3) is 3.06. The van der Waals surface area contributed by atoms with Crippen molar-refractivity contribution in [1.82, 2.24) is 0 Å². The molecule has 0 saturated heterocycles. The lowest BCUT2D eigenvalue weighted by atomic mass is 10.1. The van der Waals surface area contributed by atoms with Crippen molar-refractivity contribution in [3.8, 4) is 17.2 Å². The molecule has 3 aromatic rings. The Kier molecular flexibility index (Phi) is 3.96. The van der Waals surface area contributed by atoms with Gasteiger partial charge in [0.25, 0.3) is 0 Å². The largest absolute Gasteiger partial charge is 0.508 e. The molecule has 1 N–H and O–H groups in total. The first-order chi connectivity index (χ1) is 12.6. The van der Waals surface area contributed by atoms with Crippen LogP contribution in [0.1, 0.15) is 15.9 Å². The zero-order valence-corrected chi connectivity index (χ0v) is 13.6. The fraction of sp³-hybridized carbons (Fsp3) is 0.158. The first-order valence-electron chi connectivity index (χ1n) is 7.93. The van der Waals surface area contributed by atoms with Gasteiger partial charge in [-0.1, -0.05) is 0 Å². The van der Waals surface area contributed by atoms with Crippen LogP contribution in [0.5, 0.6) is 17.2 Å². The summed E-state index contributed by atoms with van der Waals surface area (Å²) < 4.78 is 21.2. The average molecular weight is 354 g/mol. The Hall–Kier alpha value is -3.48. The molecule has 0 radical (unpaired) electrons. The van der Waals surface area contributed by atoms with E-state index in [0.29, 0.717) is 41.2 Å². The van der Waals surface area contributed by atoms with E-state index in [-0.39, 0.29) is 17.9 Å². The van der Waals surface area contributed by atoms with Gasteiger partial charge in [-0.3, -0.25) is 0 Å². The second kappa shape index (κ2) is 6.44. The highest BCUT2D eigenvalue weighted by Crippen LogP contribution is 2.31. The van der Waals surface area contributed by atoms with Gasteiger partial charge in [0.1, 0.15) is 31.2 Å². The van der Waals surface area contributed by atoms with Gasteiger partial charge in [0.05, 0.1) is 5.56 Å². The Morgan fingerprint density at radius 2 is 1.85 bits per heavy atom. The molecule has 0 atom stereocenters. The summed E-state index contributed by atoms with van der Waals surface area (Å²) in [5.41, 5.74) is 0.442. The van der Waals surface area contributed by atoms with Crippen molar-refractivity contribution in [3.63, 3.8) is 0 Å². The van der Waals surface area contributed by atoms with Gasteiger partial charge in [-0.15, -0.1) is 0 Å². The minimum Gasteiger partial charge on any atom is -0.508 e. The maximum atomic E-state index is 12.3. The highest BCUT2D eigenvalue weighted by Gasteiger charge is 2.16. The van der Waals surface area contributed by atoms with E-state index in [9.17, 15) is 14.7 Å². The van der Waals surface area contributed by atoms with Crippen LogP contribution in [0.4, 0.5) is 0 Å². The first kappa shape index (κ1) is 16.0. The third-order valence-corrected chi connectivity index (χ3v) is 3.95. The molecule has 1 aromatic heterocycles. The first-order valence-corrected chi connectivity index (χ1v) is 7.93. The lowest BCUT2D eigenvalue weighted by Gasteiger charge is -2.18. The molecule has 0 bridgehead atoms. The number of carbonyl (C=O) groups is 1. The number of aromatic hydroxyl groups is 1. The maximum Gasteiger partial charge on any atom is 0.338 e. The van der Waals surface area contributed by atoms with E-state index in [2.05, 4.69) is 0 Å². The molecule has 0 spiro atoms. The summed E-state index contributed by atoms with van der Waals surface area (Å²) in [5, 5.41) is 10.1. The zero-order chi connectivity index (χ0) is 18.1. The Labute approximate surface area is 147 Å². The fourth-order valence-corrected chi connectivity index (χ4v) is 2.73. The molecule has 0 saturated carbocycles. The van der Waals surface area contributed by atoms with E-state index in [4.69, 9.17) is 18.6 Å². The van der Waals surface area contributed by atoms with Crippen molar-refractivity contribution in [1.29, 1.82) is 0 Å². The van der Waals surface area contributed by atoms with E-state index in [1.165, 1.54) is 18.2 Å². The lowest BCUT2D eigenvalue weighted by molar-refractivity contribution is 0.0472. The Morgan fingerprint density at radius 1 is 1.04 bits per heavy atom. The second-order valence-corrected chi connectivity index (χ2v) is 5.71. The SMILES string of the molecule is O=C(OCc1cc(=O)oc2cc(O)ccc12)c1ccc2c(c1)OCCO2. The highest BCUT2D eigenvalue weighted by atomic mass is 16.6. The number of carbonyl (C=O) groups excluding carboxylic acids is 1. The fourth-order valence-electron chi connectivity index (χ4n) is 2.73. The second-order valence-electron chi connectivity index (χ2n) is 5.71. The average Bonchev–Trinajstić information content (AvgIpc) is 2.65. The normalized spacial score (nSPS) is 12.8. The number of esters is 1. The van der Waals surface area contributed by atoms with Crippen LogP contribution < -0.4 is 15.1 Å². The third-order valence-electron chi connectivity index (χ3n) is 3.95. The number of ether oxygens (including phenoxy) is 3. The highest BCUT2D eigenvalue weighted by molar-refractivity contribution is 5.90. The van der Waals surface area contributed by atoms with Crippen molar-refractivity contribution in [2.75, 3.05) is 13.2 Å². The van der Waals surface area contributed by atoms with Crippen LogP contribution in [0.15, 0.2) is 51.7 Å². The number of phenols is 1. The monoisotopic (exact) mass is 354 g/mol. The molecule has 7 nitrogen and oxygen atoms in total. The molecular weight excluding hydrogens is 340 g/mol. The molecule has 26 heavy (non-hydrogen) atoms. The molecule has 7 heteroatoms. The van der Waals surface area contributed by atoms with E-state index in [0.717, 1.165) is 0 Å². The topological polar surface area (TPSA) is 95.2 Å². The van der Waals surface area contributed by atoms with Crippen molar-refractivity contribution in [2.45, 2.75) is 6.61 Å². The van der Waals surface area contributed by atoms with Crippen LogP contribution in [0.25, 0.3) is 11.0 Å². The zero-order valence-electron chi connectivity index (χ0n) is 13.6.